The Morgan fingerprint density at radius 1 is 1.12 bits per heavy atom. The predicted octanol–water partition coefficient (Wildman–Crippen LogP) is 4.24. The number of nitrogens with one attached hydrogen (secondary N) is 1. The molecule has 0 fully saturated rings. The highest BCUT2D eigenvalue weighted by Gasteiger charge is 2.15. The molecule has 3 rings (SSSR count). The van der Waals surface area contributed by atoms with Crippen molar-refractivity contribution in [3.05, 3.63) is 74.2 Å². The van der Waals surface area contributed by atoms with Crippen molar-refractivity contribution in [3.8, 4) is 0 Å². The summed E-state index contributed by atoms with van der Waals surface area (Å²) >= 11 is 11.8. The van der Waals surface area contributed by atoms with Gasteiger partial charge < -0.3 is 9.88 Å². The molecule has 24 heavy (non-hydrogen) atoms. The fourth-order valence-corrected chi connectivity index (χ4v) is 2.98. The van der Waals surface area contributed by atoms with Gasteiger partial charge in [0.25, 0.3) is 5.91 Å². The summed E-state index contributed by atoms with van der Waals surface area (Å²) in [5.74, 6) is -1.17. The molecular weight excluding hydrogens is 354 g/mol. The number of aryl methyl sites for hydroxylation is 1. The van der Waals surface area contributed by atoms with E-state index in [2.05, 4.69) is 5.32 Å². The summed E-state index contributed by atoms with van der Waals surface area (Å²) < 4.78 is 15.0. The number of halogens is 3. The summed E-state index contributed by atoms with van der Waals surface area (Å²) in [6.07, 6.45) is 1.41. The van der Waals surface area contributed by atoms with Gasteiger partial charge in [0, 0.05) is 34.4 Å². The lowest BCUT2D eigenvalue weighted by Gasteiger charge is -2.10. The lowest BCUT2D eigenvalue weighted by atomic mass is 10.1. The standard InChI is InChI=1S/C17H11Cl2FN2O2/c1-22-8-14(16(23)13-7-11(20)2-3-15(13)22)17(24)21-12-5-9(18)4-10(19)6-12/h2-8H,1H3,(H,21,24). The van der Waals surface area contributed by atoms with Gasteiger partial charge in [-0.25, -0.2) is 4.39 Å². The monoisotopic (exact) mass is 364 g/mol. The first-order valence-electron chi connectivity index (χ1n) is 6.91. The Balaban J connectivity index is 2.07. The quantitative estimate of drug-likeness (QED) is 0.739. The number of hydrogen-bond donors (Lipinski definition) is 1. The van der Waals surface area contributed by atoms with Gasteiger partial charge in [0.15, 0.2) is 0 Å². The molecule has 0 unspecified atom stereocenters. The van der Waals surface area contributed by atoms with Crippen LogP contribution in [0, 0.1) is 5.82 Å². The van der Waals surface area contributed by atoms with Crippen LogP contribution >= 0.6 is 23.2 Å². The van der Waals surface area contributed by atoms with Crippen LogP contribution in [0.5, 0.6) is 0 Å². The first-order chi connectivity index (χ1) is 11.3. The summed E-state index contributed by atoms with van der Waals surface area (Å²) in [6, 6.07) is 8.41. The number of carbonyl (C=O) groups excluding carboxylic acids is 1. The van der Waals surface area contributed by atoms with Gasteiger partial charge in [-0.1, -0.05) is 23.2 Å². The Hall–Kier alpha value is -2.37. The van der Waals surface area contributed by atoms with Crippen molar-refractivity contribution in [1.29, 1.82) is 0 Å². The van der Waals surface area contributed by atoms with Crippen LogP contribution in [-0.4, -0.2) is 10.5 Å². The number of aromatic nitrogens is 1. The predicted molar refractivity (Wildman–Crippen MR) is 93.6 cm³/mol. The minimum Gasteiger partial charge on any atom is -0.350 e. The highest BCUT2D eigenvalue weighted by Crippen LogP contribution is 2.23. The van der Waals surface area contributed by atoms with Gasteiger partial charge in [0.1, 0.15) is 11.4 Å². The molecule has 2 aromatic carbocycles. The first kappa shape index (κ1) is 16.5. The minimum absolute atomic E-state index is 0.105. The molecule has 0 saturated heterocycles. The molecule has 0 spiro atoms. The van der Waals surface area contributed by atoms with Crippen LogP contribution in [0.15, 0.2) is 47.4 Å². The minimum atomic E-state index is -0.625. The van der Waals surface area contributed by atoms with E-state index in [1.165, 1.54) is 36.5 Å². The van der Waals surface area contributed by atoms with Crippen LogP contribution in [0.2, 0.25) is 10.0 Å². The second-order valence-electron chi connectivity index (χ2n) is 5.26. The van der Waals surface area contributed by atoms with E-state index < -0.39 is 17.2 Å². The Kier molecular flexibility index (Phi) is 4.30. The van der Waals surface area contributed by atoms with Crippen molar-refractivity contribution in [1.82, 2.24) is 4.57 Å². The Labute approximate surface area is 146 Å². The normalized spacial score (nSPS) is 10.8. The molecule has 0 saturated carbocycles. The number of fused-ring (bicyclic) bond motifs is 1. The van der Waals surface area contributed by atoms with Gasteiger partial charge in [-0.05, 0) is 36.4 Å². The third kappa shape index (κ3) is 3.13. The molecule has 0 bridgehead atoms. The Bertz CT molecular complexity index is 1010. The molecule has 1 aromatic heterocycles. The van der Waals surface area contributed by atoms with Crippen molar-refractivity contribution < 1.29 is 9.18 Å². The number of amides is 1. The zero-order valence-corrected chi connectivity index (χ0v) is 14.0. The van der Waals surface area contributed by atoms with E-state index in [4.69, 9.17) is 23.2 Å². The number of rotatable bonds is 2. The zero-order chi connectivity index (χ0) is 17.4. The molecule has 1 N–H and O–H groups in total. The smallest absolute Gasteiger partial charge is 0.261 e. The van der Waals surface area contributed by atoms with Crippen molar-refractivity contribution in [2.45, 2.75) is 0 Å². The van der Waals surface area contributed by atoms with Gasteiger partial charge in [0.2, 0.25) is 5.43 Å². The molecule has 0 aliphatic carbocycles. The molecular formula is C17H11Cl2FN2O2. The summed E-state index contributed by atoms with van der Waals surface area (Å²) in [6.45, 7) is 0. The number of pyridine rings is 1. The molecule has 7 heteroatoms. The highest BCUT2D eigenvalue weighted by molar-refractivity contribution is 6.35. The van der Waals surface area contributed by atoms with E-state index in [9.17, 15) is 14.0 Å². The van der Waals surface area contributed by atoms with Crippen LogP contribution in [0.4, 0.5) is 10.1 Å². The molecule has 0 radical (unpaired) electrons. The van der Waals surface area contributed by atoms with Crippen molar-refractivity contribution in [2.75, 3.05) is 5.32 Å². The molecule has 0 aliphatic heterocycles. The second-order valence-corrected chi connectivity index (χ2v) is 6.13. The van der Waals surface area contributed by atoms with E-state index in [0.717, 1.165) is 6.07 Å². The van der Waals surface area contributed by atoms with Crippen LogP contribution < -0.4 is 10.7 Å². The first-order valence-corrected chi connectivity index (χ1v) is 7.67. The molecule has 3 aromatic rings. The lowest BCUT2D eigenvalue weighted by Crippen LogP contribution is -2.23. The summed E-state index contributed by atoms with van der Waals surface area (Å²) in [7, 11) is 1.67. The Morgan fingerprint density at radius 3 is 2.46 bits per heavy atom. The SMILES string of the molecule is Cn1cc(C(=O)Nc2cc(Cl)cc(Cl)c2)c(=O)c2cc(F)ccc21. The molecule has 4 nitrogen and oxygen atoms in total. The van der Waals surface area contributed by atoms with E-state index >= 15 is 0 Å². The van der Waals surface area contributed by atoms with Gasteiger partial charge in [-0.3, -0.25) is 9.59 Å². The summed E-state index contributed by atoms with van der Waals surface area (Å²) in [5.41, 5.74) is 0.238. The maximum absolute atomic E-state index is 13.4. The van der Waals surface area contributed by atoms with Gasteiger partial charge >= 0.3 is 0 Å². The third-order valence-electron chi connectivity index (χ3n) is 3.52. The van der Waals surface area contributed by atoms with Crippen molar-refractivity contribution in [2.24, 2.45) is 7.05 Å². The van der Waals surface area contributed by atoms with Gasteiger partial charge in [-0.2, -0.15) is 0 Å². The number of nitrogens with zero attached hydrogens (tertiary/aromatic N) is 1. The van der Waals surface area contributed by atoms with Crippen molar-refractivity contribution in [3.63, 3.8) is 0 Å². The van der Waals surface area contributed by atoms with E-state index in [-0.39, 0.29) is 10.9 Å². The molecule has 1 heterocycles. The van der Waals surface area contributed by atoms with Crippen molar-refractivity contribution >= 4 is 45.7 Å². The zero-order valence-electron chi connectivity index (χ0n) is 12.4. The van der Waals surface area contributed by atoms with E-state index in [0.29, 0.717) is 21.2 Å². The molecule has 0 aliphatic rings. The Morgan fingerprint density at radius 2 is 1.79 bits per heavy atom. The van der Waals surface area contributed by atoms with Crippen LogP contribution in [0.25, 0.3) is 10.9 Å². The van der Waals surface area contributed by atoms with Crippen LogP contribution in [-0.2, 0) is 7.05 Å². The fourth-order valence-electron chi connectivity index (χ4n) is 2.45. The van der Waals surface area contributed by atoms with Gasteiger partial charge in [-0.15, -0.1) is 0 Å². The third-order valence-corrected chi connectivity index (χ3v) is 3.95. The highest BCUT2D eigenvalue weighted by atomic mass is 35.5. The molecule has 1 amide bonds. The lowest BCUT2D eigenvalue weighted by molar-refractivity contribution is 0.102. The topological polar surface area (TPSA) is 51.1 Å². The maximum atomic E-state index is 13.4. The number of benzene rings is 2. The van der Waals surface area contributed by atoms with E-state index in [1.807, 2.05) is 0 Å². The second kappa shape index (κ2) is 6.26. The molecule has 122 valence electrons. The molecule has 0 atom stereocenters. The largest absolute Gasteiger partial charge is 0.350 e. The maximum Gasteiger partial charge on any atom is 0.261 e. The summed E-state index contributed by atoms with van der Waals surface area (Å²) in [5, 5.41) is 3.41. The van der Waals surface area contributed by atoms with Gasteiger partial charge in [0.05, 0.1) is 5.52 Å². The van der Waals surface area contributed by atoms with Crippen LogP contribution in [0.3, 0.4) is 0 Å². The fraction of sp³-hybridized carbons (Fsp3) is 0.0588. The van der Waals surface area contributed by atoms with Crippen LogP contribution in [0.1, 0.15) is 10.4 Å². The number of carbonyl (C=O) groups is 1. The summed E-state index contributed by atoms with van der Waals surface area (Å²) in [4.78, 5) is 24.9. The van der Waals surface area contributed by atoms with E-state index in [1.54, 1.807) is 11.6 Å². The number of hydrogen-bond acceptors (Lipinski definition) is 2. The average Bonchev–Trinajstić information content (AvgIpc) is 2.49. The average molecular weight is 365 g/mol. The number of anilines is 1.